The minimum absolute atomic E-state index is 0.0363. The van der Waals surface area contributed by atoms with Gasteiger partial charge in [-0.2, -0.15) is 15.3 Å². The number of carboxylic acids is 1. The normalized spacial score (nSPS) is 18.8. The molecule has 7 heteroatoms. The van der Waals surface area contributed by atoms with E-state index in [-0.39, 0.29) is 17.2 Å². The summed E-state index contributed by atoms with van der Waals surface area (Å²) in [7, 11) is 0. The largest absolute Gasteiger partial charge is 0.478 e. The standard InChI is InChI=1S/C11H10N4O3/c1-6-9(10(16)15-12-6)14-13-8-5-3-2-4-7(8)11(17)18/h2-5,9H,1H3,(H,15,16)(H,17,18). The lowest BCUT2D eigenvalue weighted by atomic mass is 10.2. The summed E-state index contributed by atoms with van der Waals surface area (Å²) in [6, 6.07) is 5.40. The van der Waals surface area contributed by atoms with Gasteiger partial charge in [-0.15, -0.1) is 0 Å². The van der Waals surface area contributed by atoms with Gasteiger partial charge in [0, 0.05) is 0 Å². The maximum atomic E-state index is 11.3. The van der Waals surface area contributed by atoms with E-state index in [9.17, 15) is 9.59 Å². The second-order valence-corrected chi connectivity index (χ2v) is 3.67. The first-order valence-electron chi connectivity index (χ1n) is 5.17. The van der Waals surface area contributed by atoms with Gasteiger partial charge in [-0.05, 0) is 19.1 Å². The third-order valence-electron chi connectivity index (χ3n) is 2.40. The first-order chi connectivity index (χ1) is 8.59. The van der Waals surface area contributed by atoms with Gasteiger partial charge >= 0.3 is 5.97 Å². The molecule has 1 aliphatic rings. The van der Waals surface area contributed by atoms with Crippen molar-refractivity contribution in [3.8, 4) is 0 Å². The van der Waals surface area contributed by atoms with Gasteiger partial charge in [0.2, 0.25) is 0 Å². The van der Waals surface area contributed by atoms with Crippen LogP contribution in [-0.2, 0) is 4.79 Å². The van der Waals surface area contributed by atoms with E-state index in [4.69, 9.17) is 5.11 Å². The Hall–Kier alpha value is -2.57. The third kappa shape index (κ3) is 2.24. The van der Waals surface area contributed by atoms with E-state index in [2.05, 4.69) is 20.8 Å². The van der Waals surface area contributed by atoms with Crippen molar-refractivity contribution in [3.05, 3.63) is 29.8 Å². The SMILES string of the molecule is CC1=NNC(=O)C1N=Nc1ccccc1C(=O)O. The van der Waals surface area contributed by atoms with Crippen LogP contribution < -0.4 is 5.43 Å². The molecular weight excluding hydrogens is 236 g/mol. The molecule has 92 valence electrons. The lowest BCUT2D eigenvalue weighted by molar-refractivity contribution is -0.120. The van der Waals surface area contributed by atoms with E-state index in [0.717, 1.165) is 0 Å². The van der Waals surface area contributed by atoms with Crippen LogP contribution in [0, 0.1) is 0 Å². The third-order valence-corrected chi connectivity index (χ3v) is 2.40. The highest BCUT2D eigenvalue weighted by molar-refractivity contribution is 6.10. The minimum atomic E-state index is -1.09. The van der Waals surface area contributed by atoms with Gasteiger partial charge in [-0.3, -0.25) is 4.79 Å². The molecule has 2 N–H and O–H groups in total. The number of carbonyl (C=O) groups excluding carboxylic acids is 1. The summed E-state index contributed by atoms with van der Waals surface area (Å²) in [6.07, 6.45) is 0. The Labute approximate surface area is 102 Å². The van der Waals surface area contributed by atoms with Gasteiger partial charge in [0.25, 0.3) is 5.91 Å². The summed E-state index contributed by atoms with van der Waals surface area (Å²) >= 11 is 0. The van der Waals surface area contributed by atoms with Gasteiger partial charge in [0.05, 0.1) is 17.0 Å². The van der Waals surface area contributed by atoms with Crippen molar-refractivity contribution < 1.29 is 14.7 Å². The number of nitrogens with zero attached hydrogens (tertiary/aromatic N) is 3. The van der Waals surface area contributed by atoms with Gasteiger partial charge < -0.3 is 5.11 Å². The molecule has 1 unspecified atom stereocenters. The van der Waals surface area contributed by atoms with Crippen molar-refractivity contribution in [2.24, 2.45) is 15.3 Å². The van der Waals surface area contributed by atoms with Crippen molar-refractivity contribution in [1.29, 1.82) is 0 Å². The summed E-state index contributed by atoms with van der Waals surface area (Å²) in [5.41, 5.74) is 3.01. The zero-order chi connectivity index (χ0) is 13.1. The number of hydrogen-bond donors (Lipinski definition) is 2. The fourth-order valence-electron chi connectivity index (χ4n) is 1.45. The van der Waals surface area contributed by atoms with Crippen LogP contribution >= 0.6 is 0 Å². The van der Waals surface area contributed by atoms with Crippen LogP contribution in [0.1, 0.15) is 17.3 Å². The Morgan fingerprint density at radius 1 is 1.44 bits per heavy atom. The molecule has 1 heterocycles. The van der Waals surface area contributed by atoms with Crippen LogP contribution in [-0.4, -0.2) is 28.7 Å². The molecule has 1 aliphatic heterocycles. The van der Waals surface area contributed by atoms with Crippen LogP contribution in [0.15, 0.2) is 39.6 Å². The smallest absolute Gasteiger partial charge is 0.337 e. The van der Waals surface area contributed by atoms with E-state index in [1.54, 1.807) is 19.1 Å². The molecule has 7 nitrogen and oxygen atoms in total. The second-order valence-electron chi connectivity index (χ2n) is 3.67. The Balaban J connectivity index is 2.27. The molecule has 0 fully saturated rings. The predicted molar refractivity (Wildman–Crippen MR) is 63.0 cm³/mol. The molecule has 2 rings (SSSR count). The average molecular weight is 246 g/mol. The summed E-state index contributed by atoms with van der Waals surface area (Å²) < 4.78 is 0. The predicted octanol–water partition coefficient (Wildman–Crippen LogP) is 1.34. The Bertz CT molecular complexity index is 565. The maximum absolute atomic E-state index is 11.3. The topological polar surface area (TPSA) is 103 Å². The molecule has 1 aromatic carbocycles. The molecule has 0 saturated heterocycles. The summed E-state index contributed by atoms with van der Waals surface area (Å²) in [6.45, 7) is 1.64. The van der Waals surface area contributed by atoms with Crippen molar-refractivity contribution in [3.63, 3.8) is 0 Å². The van der Waals surface area contributed by atoms with Crippen molar-refractivity contribution in [1.82, 2.24) is 5.43 Å². The second kappa shape index (κ2) is 4.74. The molecule has 1 atom stereocenters. The number of azo groups is 1. The fourth-order valence-corrected chi connectivity index (χ4v) is 1.45. The Kier molecular flexibility index (Phi) is 3.13. The number of carbonyl (C=O) groups is 2. The number of aromatic carboxylic acids is 1. The van der Waals surface area contributed by atoms with Crippen LogP contribution in [0.3, 0.4) is 0 Å². The zero-order valence-electron chi connectivity index (χ0n) is 9.49. The zero-order valence-corrected chi connectivity index (χ0v) is 9.49. The van der Waals surface area contributed by atoms with Crippen LogP contribution in [0.2, 0.25) is 0 Å². The van der Waals surface area contributed by atoms with Gasteiger partial charge in [0.15, 0.2) is 6.04 Å². The molecule has 0 aromatic heterocycles. The summed E-state index contributed by atoms with van der Waals surface area (Å²) in [4.78, 5) is 22.3. The number of carboxylic acid groups (broad SMARTS) is 1. The molecule has 1 amide bonds. The van der Waals surface area contributed by atoms with E-state index >= 15 is 0 Å². The molecule has 0 saturated carbocycles. The minimum Gasteiger partial charge on any atom is -0.478 e. The number of hydrazone groups is 1. The Morgan fingerprint density at radius 2 is 2.17 bits per heavy atom. The van der Waals surface area contributed by atoms with Crippen molar-refractivity contribution >= 4 is 23.3 Å². The van der Waals surface area contributed by atoms with E-state index in [1.807, 2.05) is 0 Å². The van der Waals surface area contributed by atoms with Gasteiger partial charge in [-0.1, -0.05) is 12.1 Å². The van der Waals surface area contributed by atoms with E-state index in [1.165, 1.54) is 12.1 Å². The first-order valence-corrected chi connectivity index (χ1v) is 5.17. The van der Waals surface area contributed by atoms with Gasteiger partial charge in [0.1, 0.15) is 0 Å². The highest BCUT2D eigenvalue weighted by Gasteiger charge is 2.26. The number of nitrogens with one attached hydrogen (secondary N) is 1. The quantitative estimate of drug-likeness (QED) is 0.786. The van der Waals surface area contributed by atoms with Gasteiger partial charge in [-0.25, -0.2) is 10.2 Å². The molecule has 0 radical (unpaired) electrons. The molecule has 18 heavy (non-hydrogen) atoms. The van der Waals surface area contributed by atoms with Crippen LogP contribution in [0.5, 0.6) is 0 Å². The number of amides is 1. The number of rotatable bonds is 3. The average Bonchev–Trinajstić information content (AvgIpc) is 2.67. The molecular formula is C11H10N4O3. The Morgan fingerprint density at radius 3 is 2.78 bits per heavy atom. The van der Waals surface area contributed by atoms with Crippen LogP contribution in [0.4, 0.5) is 5.69 Å². The summed E-state index contributed by atoms with van der Waals surface area (Å²) in [5, 5.41) is 20.3. The lowest BCUT2D eigenvalue weighted by Crippen LogP contribution is -2.25. The van der Waals surface area contributed by atoms with E-state index < -0.39 is 12.0 Å². The molecule has 0 bridgehead atoms. The van der Waals surface area contributed by atoms with Crippen molar-refractivity contribution in [2.75, 3.05) is 0 Å². The monoisotopic (exact) mass is 246 g/mol. The summed E-state index contributed by atoms with van der Waals surface area (Å²) in [5.74, 6) is -1.46. The van der Waals surface area contributed by atoms with E-state index in [0.29, 0.717) is 5.71 Å². The van der Waals surface area contributed by atoms with Crippen LogP contribution in [0.25, 0.3) is 0 Å². The number of hydrogen-bond acceptors (Lipinski definition) is 5. The maximum Gasteiger partial charge on any atom is 0.337 e. The van der Waals surface area contributed by atoms with Crippen molar-refractivity contribution in [2.45, 2.75) is 13.0 Å². The number of benzene rings is 1. The molecule has 1 aromatic rings. The highest BCUT2D eigenvalue weighted by atomic mass is 16.4. The highest BCUT2D eigenvalue weighted by Crippen LogP contribution is 2.20. The fraction of sp³-hybridized carbons (Fsp3) is 0.182. The lowest BCUT2D eigenvalue weighted by Gasteiger charge is -2.01. The first kappa shape index (κ1) is 11.9. The molecule has 0 aliphatic carbocycles. The molecule has 0 spiro atoms.